The van der Waals surface area contributed by atoms with E-state index in [4.69, 9.17) is 9.47 Å². The summed E-state index contributed by atoms with van der Waals surface area (Å²) in [6, 6.07) is 0.214. The third-order valence-corrected chi connectivity index (χ3v) is 4.89. The van der Waals surface area contributed by atoms with E-state index < -0.39 is 0 Å². The van der Waals surface area contributed by atoms with Gasteiger partial charge in [-0.15, -0.1) is 0 Å². The monoisotopic (exact) mass is 336 g/mol. The van der Waals surface area contributed by atoms with Crippen LogP contribution in [-0.4, -0.2) is 78.9 Å². The number of hydrogen-bond acceptors (Lipinski definition) is 5. The predicted octanol–water partition coefficient (Wildman–Crippen LogP) is 0.771. The number of amides is 1. The highest BCUT2D eigenvalue weighted by Crippen LogP contribution is 2.24. The van der Waals surface area contributed by atoms with Gasteiger partial charge in [-0.25, -0.2) is 4.98 Å². The second kappa shape index (κ2) is 8.09. The van der Waals surface area contributed by atoms with E-state index in [0.717, 1.165) is 45.7 Å². The lowest BCUT2D eigenvalue weighted by Gasteiger charge is -2.37. The fraction of sp³-hybridized carbons (Fsp3) is 0.765. The molecule has 0 unspecified atom stereocenters. The van der Waals surface area contributed by atoms with Crippen molar-refractivity contribution in [2.45, 2.75) is 25.4 Å². The first-order valence-electron chi connectivity index (χ1n) is 8.72. The molecular weight excluding hydrogens is 308 g/mol. The number of nitrogens with zero attached hydrogens (tertiary/aromatic N) is 4. The van der Waals surface area contributed by atoms with Crippen LogP contribution in [0.25, 0.3) is 0 Å². The quantitative estimate of drug-likeness (QED) is 0.768. The van der Waals surface area contributed by atoms with Crippen LogP contribution < -0.4 is 0 Å². The standard InChI is InChI=1S/C17H28N4O3/c1-19(2)17(22)12-24-11-16-10-20(8-14-3-5-23-6-4-14)9-15-7-18-13-21(15)16/h7,13-14,16H,3-6,8-12H2,1-2H3/t16-/m1/s1. The number of carbonyl (C=O) groups is 1. The molecule has 1 atom stereocenters. The molecule has 0 bridgehead atoms. The molecule has 0 saturated carbocycles. The van der Waals surface area contributed by atoms with Gasteiger partial charge in [-0.3, -0.25) is 9.69 Å². The number of likely N-dealkylation sites (N-methyl/N-ethyl adjacent to an activating group) is 1. The van der Waals surface area contributed by atoms with Crippen molar-refractivity contribution in [2.24, 2.45) is 5.92 Å². The van der Waals surface area contributed by atoms with Crippen molar-refractivity contribution in [3.63, 3.8) is 0 Å². The molecule has 7 nitrogen and oxygen atoms in total. The summed E-state index contributed by atoms with van der Waals surface area (Å²) in [5.74, 6) is 0.709. The Balaban J connectivity index is 1.56. The Morgan fingerprint density at radius 1 is 1.42 bits per heavy atom. The van der Waals surface area contributed by atoms with Crippen LogP contribution in [0.15, 0.2) is 12.5 Å². The number of carbonyl (C=O) groups excluding carboxylic acids is 1. The summed E-state index contributed by atoms with van der Waals surface area (Å²) in [6.45, 7) is 5.41. The second-order valence-electron chi connectivity index (χ2n) is 7.00. The zero-order valence-corrected chi connectivity index (χ0v) is 14.7. The van der Waals surface area contributed by atoms with E-state index in [0.29, 0.717) is 12.5 Å². The summed E-state index contributed by atoms with van der Waals surface area (Å²) < 4.78 is 13.3. The molecule has 0 radical (unpaired) electrons. The van der Waals surface area contributed by atoms with Gasteiger partial charge < -0.3 is 18.9 Å². The summed E-state index contributed by atoms with van der Waals surface area (Å²) in [5, 5.41) is 0. The van der Waals surface area contributed by atoms with E-state index in [-0.39, 0.29) is 18.6 Å². The summed E-state index contributed by atoms with van der Waals surface area (Å²) in [6.07, 6.45) is 6.11. The van der Waals surface area contributed by atoms with Crippen molar-refractivity contribution >= 4 is 5.91 Å². The van der Waals surface area contributed by atoms with Gasteiger partial charge in [0.05, 0.1) is 24.7 Å². The van der Waals surface area contributed by atoms with E-state index >= 15 is 0 Å². The molecule has 134 valence electrons. The second-order valence-corrected chi connectivity index (χ2v) is 7.00. The molecule has 1 saturated heterocycles. The normalized spacial score (nSPS) is 22.3. The highest BCUT2D eigenvalue weighted by atomic mass is 16.5. The van der Waals surface area contributed by atoms with Crippen LogP contribution in [0, 0.1) is 5.92 Å². The van der Waals surface area contributed by atoms with Gasteiger partial charge in [-0.1, -0.05) is 0 Å². The van der Waals surface area contributed by atoms with Gasteiger partial charge in [0.1, 0.15) is 6.61 Å². The lowest BCUT2D eigenvalue weighted by molar-refractivity contribution is -0.134. The zero-order chi connectivity index (χ0) is 16.9. The molecule has 2 aliphatic rings. The van der Waals surface area contributed by atoms with Gasteiger partial charge >= 0.3 is 0 Å². The Hall–Kier alpha value is -1.44. The predicted molar refractivity (Wildman–Crippen MR) is 89.6 cm³/mol. The van der Waals surface area contributed by atoms with Gasteiger partial charge in [0.2, 0.25) is 5.91 Å². The van der Waals surface area contributed by atoms with E-state index in [1.165, 1.54) is 5.69 Å². The van der Waals surface area contributed by atoms with Crippen molar-refractivity contribution in [1.82, 2.24) is 19.4 Å². The molecule has 0 N–H and O–H groups in total. The van der Waals surface area contributed by atoms with Gasteiger partial charge in [-0.2, -0.15) is 0 Å². The number of aromatic nitrogens is 2. The SMILES string of the molecule is CN(C)C(=O)COC[C@H]1CN(CC2CCOCC2)Cc2cncn21. The lowest BCUT2D eigenvalue weighted by atomic mass is 9.99. The van der Waals surface area contributed by atoms with E-state index in [1.807, 2.05) is 12.5 Å². The maximum absolute atomic E-state index is 11.7. The highest BCUT2D eigenvalue weighted by molar-refractivity contribution is 5.76. The Kier molecular flexibility index (Phi) is 5.86. The molecule has 3 rings (SSSR count). The summed E-state index contributed by atoms with van der Waals surface area (Å²) in [5.41, 5.74) is 1.22. The average molecular weight is 336 g/mol. The third-order valence-electron chi connectivity index (χ3n) is 4.89. The van der Waals surface area contributed by atoms with Gasteiger partial charge in [0.15, 0.2) is 0 Å². The molecule has 1 aromatic rings. The van der Waals surface area contributed by atoms with Crippen LogP contribution in [0.4, 0.5) is 0 Å². The van der Waals surface area contributed by atoms with Crippen LogP contribution in [0.2, 0.25) is 0 Å². The molecule has 2 aliphatic heterocycles. The van der Waals surface area contributed by atoms with Crippen LogP contribution in [0.1, 0.15) is 24.6 Å². The zero-order valence-electron chi connectivity index (χ0n) is 14.7. The molecule has 1 aromatic heterocycles. The number of ether oxygens (including phenoxy) is 2. The molecule has 24 heavy (non-hydrogen) atoms. The topological polar surface area (TPSA) is 59.8 Å². The fourth-order valence-corrected chi connectivity index (χ4v) is 3.44. The highest BCUT2D eigenvalue weighted by Gasteiger charge is 2.27. The molecule has 0 aromatic carbocycles. The van der Waals surface area contributed by atoms with Crippen molar-refractivity contribution in [3.8, 4) is 0 Å². The first-order chi connectivity index (χ1) is 11.6. The molecule has 0 aliphatic carbocycles. The lowest BCUT2D eigenvalue weighted by Crippen LogP contribution is -2.42. The van der Waals surface area contributed by atoms with E-state index in [9.17, 15) is 4.79 Å². The molecule has 0 spiro atoms. The summed E-state index contributed by atoms with van der Waals surface area (Å²) >= 11 is 0. The Labute approximate surface area is 143 Å². The maximum atomic E-state index is 11.7. The van der Waals surface area contributed by atoms with Crippen LogP contribution in [0.5, 0.6) is 0 Å². The molecular formula is C17H28N4O3. The Morgan fingerprint density at radius 3 is 2.96 bits per heavy atom. The minimum atomic E-state index is -0.00396. The fourth-order valence-electron chi connectivity index (χ4n) is 3.44. The van der Waals surface area contributed by atoms with E-state index in [1.54, 1.807) is 19.0 Å². The summed E-state index contributed by atoms with van der Waals surface area (Å²) in [7, 11) is 3.49. The summed E-state index contributed by atoms with van der Waals surface area (Å²) in [4.78, 5) is 20.0. The minimum absolute atomic E-state index is 0.00396. The number of hydrogen-bond donors (Lipinski definition) is 0. The van der Waals surface area contributed by atoms with Crippen LogP contribution >= 0.6 is 0 Å². The van der Waals surface area contributed by atoms with Gasteiger partial charge in [0, 0.05) is 53.1 Å². The van der Waals surface area contributed by atoms with E-state index in [2.05, 4.69) is 14.5 Å². The smallest absolute Gasteiger partial charge is 0.248 e. The molecule has 3 heterocycles. The Bertz CT molecular complexity index is 540. The van der Waals surface area contributed by atoms with Crippen molar-refractivity contribution in [1.29, 1.82) is 0 Å². The van der Waals surface area contributed by atoms with Crippen LogP contribution in [0.3, 0.4) is 0 Å². The van der Waals surface area contributed by atoms with Gasteiger partial charge in [0.25, 0.3) is 0 Å². The number of fused-ring (bicyclic) bond motifs is 1. The Morgan fingerprint density at radius 2 is 2.21 bits per heavy atom. The van der Waals surface area contributed by atoms with Gasteiger partial charge in [-0.05, 0) is 18.8 Å². The maximum Gasteiger partial charge on any atom is 0.248 e. The first kappa shape index (κ1) is 17.4. The number of rotatable bonds is 6. The average Bonchev–Trinajstić information content (AvgIpc) is 3.04. The van der Waals surface area contributed by atoms with Crippen LogP contribution in [-0.2, 0) is 20.8 Å². The largest absolute Gasteiger partial charge is 0.381 e. The number of imidazole rings is 1. The molecule has 1 fully saturated rings. The molecule has 7 heteroatoms. The van der Waals surface area contributed by atoms with Crippen molar-refractivity contribution < 1.29 is 14.3 Å². The third kappa shape index (κ3) is 4.34. The van der Waals surface area contributed by atoms with Crippen molar-refractivity contribution in [2.75, 3.05) is 53.6 Å². The molecule has 1 amide bonds. The minimum Gasteiger partial charge on any atom is -0.381 e. The van der Waals surface area contributed by atoms with Crippen molar-refractivity contribution in [3.05, 3.63) is 18.2 Å². The first-order valence-corrected chi connectivity index (χ1v) is 8.72.